The minimum Gasteiger partial charge on any atom is -0.394 e. The first-order valence-electron chi connectivity index (χ1n) is 9.09. The molecule has 0 saturated carbocycles. The van der Waals surface area contributed by atoms with E-state index in [-0.39, 0.29) is 6.61 Å². The van der Waals surface area contributed by atoms with Crippen LogP contribution in [0.5, 0.6) is 0 Å². The Morgan fingerprint density at radius 1 is 0.963 bits per heavy atom. The molecule has 4 rings (SSSR count). The van der Waals surface area contributed by atoms with Crippen LogP contribution in [0.25, 0.3) is 34.0 Å². The van der Waals surface area contributed by atoms with Gasteiger partial charge in [0.2, 0.25) is 5.52 Å². The van der Waals surface area contributed by atoms with E-state index in [2.05, 4.69) is 66.4 Å². The van der Waals surface area contributed by atoms with Crippen molar-refractivity contribution in [2.24, 2.45) is 7.05 Å². The predicted octanol–water partition coefficient (Wildman–Crippen LogP) is 3.14. The number of hydrogen-bond donors (Lipinski definition) is 2. The van der Waals surface area contributed by atoms with Gasteiger partial charge >= 0.3 is 0 Å². The van der Waals surface area contributed by atoms with Crippen LogP contribution in [0.1, 0.15) is 11.1 Å². The number of pyridine rings is 1. The molecule has 4 aromatic rings. The molecule has 0 aliphatic carbocycles. The van der Waals surface area contributed by atoms with E-state index in [0.29, 0.717) is 6.54 Å². The summed E-state index contributed by atoms with van der Waals surface area (Å²) >= 11 is 0. The van der Waals surface area contributed by atoms with Gasteiger partial charge in [-0.2, -0.15) is 0 Å². The van der Waals surface area contributed by atoms with Crippen molar-refractivity contribution < 1.29 is 14.8 Å². The molecule has 2 aromatic heterocycles. The molecule has 4 nitrogen and oxygen atoms in total. The Hall–Kier alpha value is -2.95. The zero-order valence-electron chi connectivity index (χ0n) is 15.3. The number of benzene rings is 2. The fraction of sp³-hybridized carbons (Fsp3) is 0.174. The van der Waals surface area contributed by atoms with Crippen molar-refractivity contribution in [2.45, 2.75) is 12.6 Å². The molecule has 4 heteroatoms. The summed E-state index contributed by atoms with van der Waals surface area (Å²) in [5, 5.41) is 21.3. The molecule has 0 aliphatic rings. The van der Waals surface area contributed by atoms with Gasteiger partial charge in [0.25, 0.3) is 0 Å². The number of aryl methyl sites for hydroxylation is 1. The number of rotatable bonds is 5. The molecule has 0 spiro atoms. The molecule has 1 unspecified atom stereocenters. The lowest BCUT2D eigenvalue weighted by atomic mass is 10.1. The van der Waals surface area contributed by atoms with Gasteiger partial charge in [-0.1, -0.05) is 42.5 Å². The number of fused-ring (bicyclic) bond motifs is 2. The molecule has 0 bridgehead atoms. The van der Waals surface area contributed by atoms with Crippen molar-refractivity contribution in [1.29, 1.82) is 0 Å². The summed E-state index contributed by atoms with van der Waals surface area (Å²) in [5.41, 5.74) is 4.49. The lowest BCUT2D eigenvalue weighted by Gasteiger charge is -2.09. The second-order valence-corrected chi connectivity index (χ2v) is 6.82. The van der Waals surface area contributed by atoms with Crippen LogP contribution in [-0.4, -0.2) is 27.5 Å². The van der Waals surface area contributed by atoms with Crippen LogP contribution in [0.3, 0.4) is 0 Å². The zero-order chi connectivity index (χ0) is 18.8. The maximum Gasteiger partial charge on any atom is 0.212 e. The fourth-order valence-corrected chi connectivity index (χ4v) is 3.56. The van der Waals surface area contributed by atoms with E-state index >= 15 is 0 Å². The monoisotopic (exact) mass is 359 g/mol. The molecule has 0 fully saturated rings. The van der Waals surface area contributed by atoms with Crippen LogP contribution in [0.4, 0.5) is 0 Å². The van der Waals surface area contributed by atoms with E-state index in [1.807, 2.05) is 29.0 Å². The van der Waals surface area contributed by atoms with Crippen molar-refractivity contribution in [3.05, 3.63) is 78.1 Å². The minimum absolute atomic E-state index is 0.245. The van der Waals surface area contributed by atoms with Crippen molar-refractivity contribution in [1.82, 2.24) is 4.57 Å². The minimum atomic E-state index is -0.768. The summed E-state index contributed by atoms with van der Waals surface area (Å²) < 4.78 is 4.12. The highest BCUT2D eigenvalue weighted by Gasteiger charge is 2.11. The number of aliphatic hydroxyl groups is 2. The molecular weight excluding hydrogens is 336 g/mol. The van der Waals surface area contributed by atoms with Crippen LogP contribution in [0.15, 0.2) is 67.0 Å². The maximum absolute atomic E-state index is 9.84. The Bertz CT molecular complexity index is 1130. The van der Waals surface area contributed by atoms with Crippen LogP contribution in [0, 0.1) is 0 Å². The van der Waals surface area contributed by atoms with Crippen molar-refractivity contribution in [3.63, 3.8) is 0 Å². The molecule has 27 heavy (non-hydrogen) atoms. The number of para-hydroxylation sites is 2. The van der Waals surface area contributed by atoms with Gasteiger partial charge in [0.05, 0.1) is 24.6 Å². The molecular formula is C23H23N2O2+. The summed E-state index contributed by atoms with van der Waals surface area (Å²) in [4.78, 5) is 0. The largest absolute Gasteiger partial charge is 0.394 e. The standard InChI is InChI=1S/C23H23N2O2/c1-24-13-12-17(20-6-2-4-8-22(20)24)10-11-18-14-25(15-19(27)16-26)23-9-5-3-7-21(18)23/h2-14,19,26-27H,15-16H2,1H3/q+1. The second kappa shape index (κ2) is 7.35. The number of aromatic nitrogens is 2. The SMILES string of the molecule is C[n+]1ccc(/C=C/c2cn(CC(O)CO)c3ccccc23)c2ccccc21. The number of hydrogen-bond acceptors (Lipinski definition) is 2. The lowest BCUT2D eigenvalue weighted by molar-refractivity contribution is -0.644. The van der Waals surface area contributed by atoms with Gasteiger partial charge in [0, 0.05) is 29.2 Å². The first kappa shape index (κ1) is 17.5. The molecule has 2 N–H and O–H groups in total. The first-order chi connectivity index (χ1) is 13.2. The molecule has 0 saturated heterocycles. The van der Waals surface area contributed by atoms with Crippen molar-refractivity contribution >= 4 is 34.0 Å². The van der Waals surface area contributed by atoms with Gasteiger partial charge in [0.15, 0.2) is 6.20 Å². The summed E-state index contributed by atoms with van der Waals surface area (Å²) in [6, 6.07) is 18.6. The Labute approximate surface area is 158 Å². The molecule has 2 heterocycles. The van der Waals surface area contributed by atoms with E-state index < -0.39 is 6.10 Å². The van der Waals surface area contributed by atoms with Crippen LogP contribution in [-0.2, 0) is 13.6 Å². The number of nitrogens with zero attached hydrogens (tertiary/aromatic N) is 2. The van der Waals surface area contributed by atoms with E-state index in [0.717, 1.165) is 22.0 Å². The fourth-order valence-electron chi connectivity index (χ4n) is 3.56. The Balaban J connectivity index is 1.77. The summed E-state index contributed by atoms with van der Waals surface area (Å²) in [5.74, 6) is 0. The Morgan fingerprint density at radius 3 is 2.48 bits per heavy atom. The molecule has 0 amide bonds. The molecule has 136 valence electrons. The summed E-state index contributed by atoms with van der Waals surface area (Å²) in [7, 11) is 2.05. The van der Waals surface area contributed by atoms with Crippen molar-refractivity contribution in [2.75, 3.05) is 6.61 Å². The van der Waals surface area contributed by atoms with E-state index in [4.69, 9.17) is 0 Å². The second-order valence-electron chi connectivity index (χ2n) is 6.82. The molecule has 1 atom stereocenters. The first-order valence-corrected chi connectivity index (χ1v) is 9.09. The Kier molecular flexibility index (Phi) is 4.75. The van der Waals surface area contributed by atoms with Gasteiger partial charge < -0.3 is 14.8 Å². The summed E-state index contributed by atoms with van der Waals surface area (Å²) in [6.07, 6.45) is 7.59. The molecule has 2 aromatic carbocycles. The highest BCUT2D eigenvalue weighted by molar-refractivity contribution is 5.95. The maximum atomic E-state index is 9.84. The lowest BCUT2D eigenvalue weighted by Crippen LogP contribution is -2.28. The number of aliphatic hydroxyl groups excluding tert-OH is 2. The highest BCUT2D eigenvalue weighted by atomic mass is 16.3. The summed E-state index contributed by atoms with van der Waals surface area (Å²) in [6.45, 7) is 0.125. The normalized spacial score (nSPS) is 13.0. The average Bonchev–Trinajstić information content (AvgIpc) is 3.05. The third-order valence-corrected chi connectivity index (χ3v) is 4.95. The average molecular weight is 359 g/mol. The highest BCUT2D eigenvalue weighted by Crippen LogP contribution is 2.25. The molecule has 0 radical (unpaired) electrons. The van der Waals surface area contributed by atoms with Crippen LogP contribution >= 0.6 is 0 Å². The third-order valence-electron chi connectivity index (χ3n) is 4.95. The van der Waals surface area contributed by atoms with Gasteiger partial charge in [0.1, 0.15) is 7.05 Å². The molecule has 0 aliphatic heterocycles. The van der Waals surface area contributed by atoms with Gasteiger partial charge in [-0.25, -0.2) is 4.57 Å². The third kappa shape index (κ3) is 3.37. The predicted molar refractivity (Wildman–Crippen MR) is 109 cm³/mol. The van der Waals surface area contributed by atoms with E-state index in [1.165, 1.54) is 10.9 Å². The van der Waals surface area contributed by atoms with Gasteiger partial charge in [-0.15, -0.1) is 0 Å². The Morgan fingerprint density at radius 2 is 1.67 bits per heavy atom. The van der Waals surface area contributed by atoms with Gasteiger partial charge in [-0.3, -0.25) is 0 Å². The van der Waals surface area contributed by atoms with Crippen LogP contribution < -0.4 is 4.57 Å². The van der Waals surface area contributed by atoms with E-state index in [9.17, 15) is 10.2 Å². The zero-order valence-corrected chi connectivity index (χ0v) is 15.3. The topological polar surface area (TPSA) is 49.3 Å². The van der Waals surface area contributed by atoms with Gasteiger partial charge in [-0.05, 0) is 23.3 Å². The smallest absolute Gasteiger partial charge is 0.212 e. The quantitative estimate of drug-likeness (QED) is 0.538. The van der Waals surface area contributed by atoms with Crippen LogP contribution in [0.2, 0.25) is 0 Å². The van der Waals surface area contributed by atoms with Crippen molar-refractivity contribution in [3.8, 4) is 0 Å². The van der Waals surface area contributed by atoms with E-state index in [1.54, 1.807) is 0 Å².